The van der Waals surface area contributed by atoms with Gasteiger partial charge in [-0.15, -0.1) is 11.8 Å². The zero-order valence-electron chi connectivity index (χ0n) is 12.8. The van der Waals surface area contributed by atoms with Crippen LogP contribution >= 0.6 is 11.8 Å². The van der Waals surface area contributed by atoms with Crippen molar-refractivity contribution in [1.29, 1.82) is 0 Å². The minimum Gasteiger partial charge on any atom is -0.479 e. The summed E-state index contributed by atoms with van der Waals surface area (Å²) >= 11 is 1.70. The highest BCUT2D eigenvalue weighted by Gasteiger charge is 2.33. The average Bonchev–Trinajstić information content (AvgIpc) is 3.15. The fraction of sp³-hybridized carbons (Fsp3) is 0.412. The maximum Gasteiger partial charge on any atom is 0.264 e. The van der Waals surface area contributed by atoms with Crippen LogP contribution < -0.4 is 4.74 Å². The van der Waals surface area contributed by atoms with Crippen LogP contribution in [0.4, 0.5) is 0 Å². The van der Waals surface area contributed by atoms with Gasteiger partial charge in [0.2, 0.25) is 0 Å². The van der Waals surface area contributed by atoms with Crippen molar-refractivity contribution >= 4 is 17.7 Å². The summed E-state index contributed by atoms with van der Waals surface area (Å²) in [6.45, 7) is 1.55. The zero-order chi connectivity index (χ0) is 15.6. The number of imidazole rings is 1. The Kier molecular flexibility index (Phi) is 3.99. The Morgan fingerprint density at radius 1 is 1.35 bits per heavy atom. The molecule has 2 aliphatic heterocycles. The predicted octanol–water partition coefficient (Wildman–Crippen LogP) is 2.60. The van der Waals surface area contributed by atoms with Gasteiger partial charge in [-0.3, -0.25) is 4.79 Å². The summed E-state index contributed by atoms with van der Waals surface area (Å²) in [5, 5.41) is 0. The molecule has 120 valence electrons. The first kappa shape index (κ1) is 14.6. The molecule has 2 atom stereocenters. The van der Waals surface area contributed by atoms with Gasteiger partial charge in [-0.05, 0) is 25.0 Å². The number of ether oxygens (including phenoxy) is 1. The van der Waals surface area contributed by atoms with Crippen LogP contribution in [0.2, 0.25) is 0 Å². The van der Waals surface area contributed by atoms with E-state index < -0.39 is 0 Å². The molecule has 5 nitrogen and oxygen atoms in total. The Hall–Kier alpha value is -1.95. The van der Waals surface area contributed by atoms with E-state index in [9.17, 15) is 4.79 Å². The summed E-state index contributed by atoms with van der Waals surface area (Å²) in [5.41, 5.74) is 0. The Balaban J connectivity index is 1.45. The Morgan fingerprint density at radius 3 is 3.13 bits per heavy atom. The molecule has 6 heteroatoms. The molecule has 2 aliphatic rings. The van der Waals surface area contributed by atoms with Crippen molar-refractivity contribution in [3.8, 4) is 5.75 Å². The molecule has 0 unspecified atom stereocenters. The molecule has 0 bridgehead atoms. The van der Waals surface area contributed by atoms with Crippen molar-refractivity contribution in [1.82, 2.24) is 14.5 Å². The maximum atomic E-state index is 12.8. The molecular formula is C17H19N3O2S. The largest absolute Gasteiger partial charge is 0.479 e. The number of hydrogen-bond donors (Lipinski definition) is 0. The van der Waals surface area contributed by atoms with Crippen LogP contribution in [0.3, 0.4) is 0 Å². The van der Waals surface area contributed by atoms with Gasteiger partial charge >= 0.3 is 0 Å². The van der Waals surface area contributed by atoms with Crippen molar-refractivity contribution in [2.45, 2.75) is 29.9 Å². The van der Waals surface area contributed by atoms with Gasteiger partial charge in [-0.1, -0.05) is 12.1 Å². The summed E-state index contributed by atoms with van der Waals surface area (Å²) < 4.78 is 8.04. The lowest BCUT2D eigenvalue weighted by atomic mass is 10.0. The topological polar surface area (TPSA) is 47.4 Å². The zero-order valence-corrected chi connectivity index (χ0v) is 13.6. The van der Waals surface area contributed by atoms with E-state index in [4.69, 9.17) is 4.74 Å². The SMILES string of the molecule is O=C([C@H]1CSc2ccccc2O1)N1CCC[C@@H](n2ccnc2)C1. The lowest BCUT2D eigenvalue weighted by molar-refractivity contribution is -0.139. The predicted molar refractivity (Wildman–Crippen MR) is 88.7 cm³/mol. The number of benzene rings is 1. The van der Waals surface area contributed by atoms with Crippen LogP contribution in [-0.2, 0) is 4.79 Å². The number of thioether (sulfide) groups is 1. The Labute approximate surface area is 139 Å². The van der Waals surface area contributed by atoms with Gasteiger partial charge in [-0.2, -0.15) is 0 Å². The van der Waals surface area contributed by atoms with Crippen molar-refractivity contribution in [2.24, 2.45) is 0 Å². The van der Waals surface area contributed by atoms with E-state index in [1.807, 2.05) is 41.7 Å². The molecule has 0 saturated carbocycles. The molecule has 1 fully saturated rings. The second-order valence-electron chi connectivity index (χ2n) is 5.95. The smallest absolute Gasteiger partial charge is 0.264 e. The molecule has 1 aromatic carbocycles. The van der Waals surface area contributed by atoms with Gasteiger partial charge in [0.05, 0.1) is 12.4 Å². The fourth-order valence-corrected chi connectivity index (χ4v) is 4.20. The van der Waals surface area contributed by atoms with Crippen LogP contribution in [-0.4, -0.2) is 45.3 Å². The van der Waals surface area contributed by atoms with Crippen LogP contribution in [0.15, 0.2) is 47.9 Å². The molecular weight excluding hydrogens is 310 g/mol. The number of carbonyl (C=O) groups is 1. The van der Waals surface area contributed by atoms with E-state index in [0.717, 1.165) is 36.6 Å². The third kappa shape index (κ3) is 2.95. The van der Waals surface area contributed by atoms with Gasteiger partial charge in [0.25, 0.3) is 5.91 Å². The van der Waals surface area contributed by atoms with Crippen molar-refractivity contribution < 1.29 is 9.53 Å². The molecule has 1 saturated heterocycles. The third-order valence-electron chi connectivity index (χ3n) is 4.44. The summed E-state index contributed by atoms with van der Waals surface area (Å²) in [7, 11) is 0. The van der Waals surface area contributed by atoms with Crippen LogP contribution in [0, 0.1) is 0 Å². The number of para-hydroxylation sites is 1. The van der Waals surface area contributed by atoms with E-state index in [0.29, 0.717) is 11.8 Å². The number of hydrogen-bond acceptors (Lipinski definition) is 4. The minimum atomic E-state index is -0.378. The van der Waals surface area contributed by atoms with Crippen molar-refractivity contribution in [3.63, 3.8) is 0 Å². The highest BCUT2D eigenvalue weighted by atomic mass is 32.2. The first-order chi connectivity index (χ1) is 11.3. The van der Waals surface area contributed by atoms with Crippen molar-refractivity contribution in [2.75, 3.05) is 18.8 Å². The molecule has 0 spiro atoms. The number of carbonyl (C=O) groups excluding carboxylic acids is 1. The summed E-state index contributed by atoms with van der Waals surface area (Å²) in [6.07, 6.45) is 7.33. The second-order valence-corrected chi connectivity index (χ2v) is 7.02. The fourth-order valence-electron chi connectivity index (χ4n) is 3.23. The van der Waals surface area contributed by atoms with Gasteiger partial charge < -0.3 is 14.2 Å². The molecule has 0 N–H and O–H groups in total. The van der Waals surface area contributed by atoms with Crippen LogP contribution in [0.25, 0.3) is 0 Å². The number of likely N-dealkylation sites (tertiary alicyclic amines) is 1. The lowest BCUT2D eigenvalue weighted by Gasteiger charge is -2.36. The molecule has 23 heavy (non-hydrogen) atoms. The highest BCUT2D eigenvalue weighted by Crippen LogP contribution is 2.35. The molecule has 2 aromatic rings. The standard InChI is InChI=1S/C17H19N3O2S/c21-17(15-11-23-16-6-2-1-5-14(16)22-15)19-8-3-4-13(10-19)20-9-7-18-12-20/h1-2,5-7,9,12-13,15H,3-4,8,10-11H2/t13-,15-/m1/s1. The monoisotopic (exact) mass is 329 g/mol. The molecule has 0 radical (unpaired) electrons. The number of amides is 1. The van der Waals surface area contributed by atoms with E-state index in [1.54, 1.807) is 18.0 Å². The second kappa shape index (κ2) is 6.28. The number of nitrogens with zero attached hydrogens (tertiary/aromatic N) is 3. The van der Waals surface area contributed by atoms with Gasteiger partial charge in [0.1, 0.15) is 5.75 Å². The highest BCUT2D eigenvalue weighted by molar-refractivity contribution is 7.99. The van der Waals surface area contributed by atoms with E-state index in [-0.39, 0.29) is 12.0 Å². The van der Waals surface area contributed by atoms with Gasteiger partial charge in [0, 0.05) is 36.1 Å². The molecule has 4 rings (SSSR count). The molecule has 0 aliphatic carbocycles. The normalized spacial score (nSPS) is 23.9. The Morgan fingerprint density at radius 2 is 2.26 bits per heavy atom. The number of piperidine rings is 1. The third-order valence-corrected chi connectivity index (χ3v) is 5.56. The summed E-state index contributed by atoms with van der Waals surface area (Å²) in [5.74, 6) is 1.62. The number of aromatic nitrogens is 2. The number of fused-ring (bicyclic) bond motifs is 1. The first-order valence-corrected chi connectivity index (χ1v) is 8.94. The lowest BCUT2D eigenvalue weighted by Crippen LogP contribution is -2.48. The van der Waals surface area contributed by atoms with E-state index >= 15 is 0 Å². The maximum absolute atomic E-state index is 12.8. The first-order valence-electron chi connectivity index (χ1n) is 7.96. The minimum absolute atomic E-state index is 0.108. The van der Waals surface area contributed by atoms with E-state index in [1.165, 1.54) is 0 Å². The summed E-state index contributed by atoms with van der Waals surface area (Å²) in [4.78, 5) is 20.0. The van der Waals surface area contributed by atoms with Crippen LogP contribution in [0.1, 0.15) is 18.9 Å². The summed E-state index contributed by atoms with van der Waals surface area (Å²) in [6, 6.07) is 8.24. The quantitative estimate of drug-likeness (QED) is 0.850. The van der Waals surface area contributed by atoms with Crippen LogP contribution in [0.5, 0.6) is 5.75 Å². The molecule has 3 heterocycles. The average molecular weight is 329 g/mol. The Bertz CT molecular complexity index is 689. The van der Waals surface area contributed by atoms with Crippen molar-refractivity contribution in [3.05, 3.63) is 43.0 Å². The van der Waals surface area contributed by atoms with Gasteiger partial charge in [-0.25, -0.2) is 4.98 Å². The molecule has 1 aromatic heterocycles. The van der Waals surface area contributed by atoms with E-state index in [2.05, 4.69) is 9.55 Å². The number of rotatable bonds is 2. The van der Waals surface area contributed by atoms with Gasteiger partial charge in [0.15, 0.2) is 6.10 Å². The molecule has 1 amide bonds.